The molecule has 1 atom stereocenters. The van der Waals surface area contributed by atoms with Crippen molar-refractivity contribution in [2.45, 2.75) is 25.2 Å². The Kier molecular flexibility index (Phi) is 5.50. The van der Waals surface area contributed by atoms with Crippen LogP contribution in [0.3, 0.4) is 0 Å². The molecule has 1 aromatic heterocycles. The summed E-state index contributed by atoms with van der Waals surface area (Å²) in [6.45, 7) is 1.54. The molecule has 1 saturated heterocycles. The van der Waals surface area contributed by atoms with Crippen molar-refractivity contribution in [3.8, 4) is 0 Å². The first-order chi connectivity index (χ1) is 11.8. The van der Waals surface area contributed by atoms with Crippen LogP contribution in [0.25, 0.3) is 0 Å². The summed E-state index contributed by atoms with van der Waals surface area (Å²) in [4.78, 5) is 10.5. The third kappa shape index (κ3) is 4.62. The molecule has 0 bridgehead atoms. The number of alkyl halides is 3. The molecule has 0 aliphatic carbocycles. The fourth-order valence-electron chi connectivity index (χ4n) is 2.80. The van der Waals surface area contributed by atoms with Gasteiger partial charge in [-0.1, -0.05) is 17.7 Å². The van der Waals surface area contributed by atoms with Gasteiger partial charge in [0.1, 0.15) is 0 Å². The molecule has 1 aromatic carbocycles. The van der Waals surface area contributed by atoms with Gasteiger partial charge >= 0.3 is 6.18 Å². The van der Waals surface area contributed by atoms with E-state index in [0.29, 0.717) is 12.5 Å². The predicted octanol–water partition coefficient (Wildman–Crippen LogP) is 4.28. The van der Waals surface area contributed by atoms with E-state index in [0.717, 1.165) is 23.5 Å². The van der Waals surface area contributed by atoms with Crippen LogP contribution in [0.1, 0.15) is 17.5 Å². The van der Waals surface area contributed by atoms with Crippen molar-refractivity contribution in [1.29, 1.82) is 0 Å². The Bertz CT molecular complexity index is 739. The van der Waals surface area contributed by atoms with Gasteiger partial charge in [0.15, 0.2) is 0 Å². The van der Waals surface area contributed by atoms with E-state index in [1.165, 1.54) is 12.1 Å². The molecule has 3 rings (SSSR count). The summed E-state index contributed by atoms with van der Waals surface area (Å²) < 4.78 is 40.2. The van der Waals surface area contributed by atoms with Crippen LogP contribution in [0, 0.1) is 0 Å². The molecule has 0 radical (unpaired) electrons. The number of anilines is 1. The van der Waals surface area contributed by atoms with Crippen LogP contribution < -0.4 is 10.2 Å². The molecular formula is C16H15BrClF3N4. The monoisotopic (exact) mass is 434 g/mol. The van der Waals surface area contributed by atoms with E-state index in [2.05, 4.69) is 31.2 Å². The van der Waals surface area contributed by atoms with Gasteiger partial charge in [-0.2, -0.15) is 13.2 Å². The second kappa shape index (κ2) is 7.47. The van der Waals surface area contributed by atoms with E-state index in [1.807, 2.05) is 4.90 Å². The number of aromatic nitrogens is 2. The van der Waals surface area contributed by atoms with Gasteiger partial charge in [0.05, 0.1) is 10.0 Å². The van der Waals surface area contributed by atoms with Crippen LogP contribution >= 0.6 is 27.5 Å². The molecule has 134 valence electrons. The van der Waals surface area contributed by atoms with Gasteiger partial charge in [0.25, 0.3) is 0 Å². The molecule has 0 spiro atoms. The van der Waals surface area contributed by atoms with Gasteiger partial charge in [-0.25, -0.2) is 9.97 Å². The van der Waals surface area contributed by atoms with Gasteiger partial charge in [-0.05, 0) is 40.0 Å². The maximum absolute atomic E-state index is 13.1. The first-order valence-electron chi connectivity index (χ1n) is 7.64. The van der Waals surface area contributed by atoms with Crippen molar-refractivity contribution in [3.63, 3.8) is 0 Å². The minimum Gasteiger partial charge on any atom is -0.339 e. The molecule has 25 heavy (non-hydrogen) atoms. The largest absolute Gasteiger partial charge is 0.416 e. The van der Waals surface area contributed by atoms with Crippen molar-refractivity contribution in [1.82, 2.24) is 15.3 Å². The lowest BCUT2D eigenvalue weighted by Gasteiger charge is -2.18. The second-order valence-electron chi connectivity index (χ2n) is 5.81. The highest BCUT2D eigenvalue weighted by Gasteiger charge is 2.33. The summed E-state index contributed by atoms with van der Waals surface area (Å²) in [7, 11) is 0. The molecule has 2 heterocycles. The minimum absolute atomic E-state index is 0.0732. The fraction of sp³-hybridized carbons (Fsp3) is 0.375. The van der Waals surface area contributed by atoms with Gasteiger partial charge in [-0.3, -0.25) is 0 Å². The Morgan fingerprint density at radius 2 is 2.00 bits per heavy atom. The van der Waals surface area contributed by atoms with Gasteiger partial charge in [-0.15, -0.1) is 0 Å². The molecule has 1 N–H and O–H groups in total. The molecule has 1 aliphatic rings. The number of nitrogens with one attached hydrogen (secondary N) is 1. The number of benzene rings is 1. The molecule has 0 amide bonds. The summed E-state index contributed by atoms with van der Waals surface area (Å²) >= 11 is 8.99. The normalized spacial score (nSPS) is 18.0. The number of halogens is 5. The van der Waals surface area contributed by atoms with Crippen molar-refractivity contribution < 1.29 is 13.2 Å². The van der Waals surface area contributed by atoms with E-state index < -0.39 is 11.7 Å². The fourth-order valence-corrected chi connectivity index (χ4v) is 3.18. The number of nitrogens with zero attached hydrogens (tertiary/aromatic N) is 3. The van der Waals surface area contributed by atoms with Gasteiger partial charge in [0.2, 0.25) is 5.95 Å². The quantitative estimate of drug-likeness (QED) is 0.778. The topological polar surface area (TPSA) is 41.0 Å². The number of hydrogen-bond acceptors (Lipinski definition) is 4. The first-order valence-corrected chi connectivity index (χ1v) is 8.81. The Morgan fingerprint density at radius 3 is 2.68 bits per heavy atom. The lowest BCUT2D eigenvalue weighted by atomic mass is 10.1. The predicted molar refractivity (Wildman–Crippen MR) is 93.6 cm³/mol. The molecule has 1 aliphatic heterocycles. The average Bonchev–Trinajstić information content (AvgIpc) is 3.02. The second-order valence-corrected chi connectivity index (χ2v) is 7.17. The maximum atomic E-state index is 13.1. The smallest absolute Gasteiger partial charge is 0.339 e. The molecule has 0 saturated carbocycles. The van der Waals surface area contributed by atoms with Crippen molar-refractivity contribution in [3.05, 3.63) is 51.2 Å². The Balaban J connectivity index is 1.63. The van der Waals surface area contributed by atoms with E-state index >= 15 is 0 Å². The third-order valence-electron chi connectivity index (χ3n) is 4.04. The zero-order valence-corrected chi connectivity index (χ0v) is 15.4. The number of hydrogen-bond donors (Lipinski definition) is 1. The van der Waals surface area contributed by atoms with Crippen LogP contribution in [0.4, 0.5) is 19.1 Å². The molecule has 4 nitrogen and oxygen atoms in total. The lowest BCUT2D eigenvalue weighted by molar-refractivity contribution is -0.138. The highest BCUT2D eigenvalue weighted by Crippen LogP contribution is 2.34. The highest BCUT2D eigenvalue weighted by atomic mass is 79.9. The molecule has 1 fully saturated rings. The van der Waals surface area contributed by atoms with Crippen molar-refractivity contribution in [2.75, 3.05) is 18.0 Å². The summed E-state index contributed by atoms with van der Waals surface area (Å²) in [6.07, 6.45) is -0.262. The van der Waals surface area contributed by atoms with E-state index in [1.54, 1.807) is 12.4 Å². The summed E-state index contributed by atoms with van der Waals surface area (Å²) in [5, 5.41) is 3.27. The SMILES string of the molecule is FC(F)(F)c1cc(Cl)ccc1CNC1CCN(c2ncc(Br)cn2)C1. The van der Waals surface area contributed by atoms with Crippen LogP contribution in [0.5, 0.6) is 0 Å². The van der Waals surface area contributed by atoms with Crippen molar-refractivity contribution >= 4 is 33.5 Å². The van der Waals surface area contributed by atoms with Crippen LogP contribution in [-0.2, 0) is 12.7 Å². The molecule has 9 heteroatoms. The summed E-state index contributed by atoms with van der Waals surface area (Å²) in [5.74, 6) is 0.620. The zero-order chi connectivity index (χ0) is 18.0. The molecule has 1 unspecified atom stereocenters. The van der Waals surface area contributed by atoms with Crippen molar-refractivity contribution in [2.24, 2.45) is 0 Å². The molecule has 2 aromatic rings. The maximum Gasteiger partial charge on any atom is 0.416 e. The minimum atomic E-state index is -4.42. The third-order valence-corrected chi connectivity index (χ3v) is 4.68. The Labute approximate surface area is 156 Å². The van der Waals surface area contributed by atoms with Crippen LogP contribution in [-0.4, -0.2) is 29.1 Å². The standard InChI is InChI=1S/C16H15BrClF3N4/c17-11-7-23-15(24-8-11)25-4-3-13(9-25)22-6-10-1-2-12(18)5-14(10)16(19,20)21/h1-2,5,7-8,13,22H,3-4,6,9H2. The average molecular weight is 436 g/mol. The van der Waals surface area contributed by atoms with E-state index in [4.69, 9.17) is 11.6 Å². The van der Waals surface area contributed by atoms with Crippen LogP contribution in [0.15, 0.2) is 35.1 Å². The number of rotatable bonds is 4. The summed E-state index contributed by atoms with van der Waals surface area (Å²) in [5.41, 5.74) is -0.506. The zero-order valence-electron chi connectivity index (χ0n) is 13.0. The first kappa shape index (κ1) is 18.4. The lowest BCUT2D eigenvalue weighted by Crippen LogP contribution is -2.33. The van der Waals surface area contributed by atoms with E-state index in [9.17, 15) is 13.2 Å². The summed E-state index contributed by atoms with van der Waals surface area (Å²) in [6, 6.07) is 3.94. The molecular weight excluding hydrogens is 421 g/mol. The Morgan fingerprint density at radius 1 is 1.28 bits per heavy atom. The highest BCUT2D eigenvalue weighted by molar-refractivity contribution is 9.10. The Hall–Kier alpha value is -1.38. The van der Waals surface area contributed by atoms with Gasteiger partial charge < -0.3 is 10.2 Å². The van der Waals surface area contributed by atoms with Crippen LogP contribution in [0.2, 0.25) is 5.02 Å². The van der Waals surface area contributed by atoms with Gasteiger partial charge in [0, 0.05) is 43.1 Å². The van der Waals surface area contributed by atoms with E-state index in [-0.39, 0.29) is 23.2 Å².